The van der Waals surface area contributed by atoms with E-state index in [1.165, 1.54) is 10.4 Å². The van der Waals surface area contributed by atoms with Crippen LogP contribution in [-0.4, -0.2) is 4.98 Å². The summed E-state index contributed by atoms with van der Waals surface area (Å²) in [6.45, 7) is 5.15. The highest BCUT2D eigenvalue weighted by atomic mass is 32.1. The molecule has 1 atom stereocenters. The Hall–Kier alpha value is -1.19. The van der Waals surface area contributed by atoms with Gasteiger partial charge in [-0.2, -0.15) is 0 Å². The molecule has 2 aromatic rings. The number of aryl methyl sites for hydroxylation is 1. The summed E-state index contributed by atoms with van der Waals surface area (Å²) in [7, 11) is 0. The van der Waals surface area contributed by atoms with Crippen LogP contribution in [0.2, 0.25) is 0 Å². The fraction of sp³-hybridized carbons (Fsp3) is 0.357. The van der Waals surface area contributed by atoms with Crippen LogP contribution in [-0.2, 0) is 6.54 Å². The summed E-state index contributed by atoms with van der Waals surface area (Å²) in [4.78, 5) is 5.64. The highest BCUT2D eigenvalue weighted by Gasteiger charge is 2.08. The van der Waals surface area contributed by atoms with Gasteiger partial charge in [0.15, 0.2) is 0 Å². The van der Waals surface area contributed by atoms with Gasteiger partial charge in [0.2, 0.25) is 0 Å². The quantitative estimate of drug-likeness (QED) is 0.870. The van der Waals surface area contributed by atoms with Gasteiger partial charge in [-0.25, -0.2) is 4.98 Å². The van der Waals surface area contributed by atoms with E-state index < -0.39 is 0 Å². The van der Waals surface area contributed by atoms with Crippen molar-refractivity contribution in [3.63, 3.8) is 0 Å². The topological polar surface area (TPSA) is 24.9 Å². The van der Waals surface area contributed by atoms with Gasteiger partial charge in [-0.3, -0.25) is 0 Å². The Morgan fingerprint density at radius 2 is 2.06 bits per heavy atom. The molecule has 17 heavy (non-hydrogen) atoms. The molecule has 0 aliphatic heterocycles. The minimum atomic E-state index is 0.417. The van der Waals surface area contributed by atoms with Gasteiger partial charge < -0.3 is 5.32 Å². The summed E-state index contributed by atoms with van der Waals surface area (Å²) in [6, 6.07) is 11.0. The second kappa shape index (κ2) is 5.94. The minimum Gasteiger partial charge on any atom is -0.304 e. The molecule has 1 aromatic heterocycles. The Morgan fingerprint density at radius 1 is 1.29 bits per heavy atom. The van der Waals surface area contributed by atoms with Crippen LogP contribution in [0.5, 0.6) is 0 Å². The van der Waals surface area contributed by atoms with Crippen LogP contribution >= 0.6 is 11.3 Å². The number of nitrogens with one attached hydrogen (secondary N) is 1. The Morgan fingerprint density at radius 3 is 2.65 bits per heavy atom. The zero-order valence-corrected chi connectivity index (χ0v) is 11.1. The van der Waals surface area contributed by atoms with E-state index in [-0.39, 0.29) is 0 Å². The zero-order chi connectivity index (χ0) is 12.1. The SMILES string of the molecule is CCC(NCc1ncc(C)s1)c1ccccc1. The maximum absolute atomic E-state index is 4.37. The maximum atomic E-state index is 4.37. The lowest BCUT2D eigenvalue weighted by Crippen LogP contribution is -2.20. The van der Waals surface area contributed by atoms with Crippen molar-refractivity contribution in [2.75, 3.05) is 0 Å². The molecule has 2 rings (SSSR count). The molecule has 0 fully saturated rings. The molecule has 1 heterocycles. The van der Waals surface area contributed by atoms with Crippen molar-refractivity contribution >= 4 is 11.3 Å². The Kier molecular flexibility index (Phi) is 4.29. The van der Waals surface area contributed by atoms with E-state index in [0.29, 0.717) is 6.04 Å². The van der Waals surface area contributed by atoms with E-state index in [1.54, 1.807) is 11.3 Å². The molecule has 90 valence electrons. The minimum absolute atomic E-state index is 0.417. The first-order valence-corrected chi connectivity index (χ1v) is 6.81. The smallest absolute Gasteiger partial charge is 0.107 e. The fourth-order valence-corrected chi connectivity index (χ4v) is 2.61. The van der Waals surface area contributed by atoms with Gasteiger partial charge in [-0.15, -0.1) is 11.3 Å². The maximum Gasteiger partial charge on any atom is 0.107 e. The van der Waals surface area contributed by atoms with Crippen LogP contribution in [0.3, 0.4) is 0 Å². The molecule has 0 radical (unpaired) electrons. The van der Waals surface area contributed by atoms with Gasteiger partial charge in [-0.1, -0.05) is 37.3 Å². The van der Waals surface area contributed by atoms with Crippen LogP contribution in [0.1, 0.15) is 34.8 Å². The molecule has 1 aromatic carbocycles. The third-order valence-electron chi connectivity index (χ3n) is 2.78. The van der Waals surface area contributed by atoms with Crippen molar-refractivity contribution in [3.05, 3.63) is 52.0 Å². The normalized spacial score (nSPS) is 12.6. The highest BCUT2D eigenvalue weighted by molar-refractivity contribution is 7.11. The molecule has 1 unspecified atom stereocenters. The van der Waals surface area contributed by atoms with Crippen molar-refractivity contribution in [1.29, 1.82) is 0 Å². The predicted molar refractivity (Wildman–Crippen MR) is 73.2 cm³/mol. The molecule has 0 amide bonds. The monoisotopic (exact) mass is 246 g/mol. The van der Waals surface area contributed by atoms with Gasteiger partial charge in [0.1, 0.15) is 5.01 Å². The lowest BCUT2D eigenvalue weighted by molar-refractivity contribution is 0.518. The number of aromatic nitrogens is 1. The molecule has 0 saturated carbocycles. The largest absolute Gasteiger partial charge is 0.304 e. The Labute approximate surface area is 107 Å². The number of hydrogen-bond donors (Lipinski definition) is 1. The summed E-state index contributed by atoms with van der Waals surface area (Å²) in [6.07, 6.45) is 3.03. The summed E-state index contributed by atoms with van der Waals surface area (Å²) >= 11 is 1.76. The average molecular weight is 246 g/mol. The standard InChI is InChI=1S/C14H18N2S/c1-3-13(12-7-5-4-6-8-12)15-10-14-16-9-11(2)17-14/h4-9,13,15H,3,10H2,1-2H3. The van der Waals surface area contributed by atoms with Crippen LogP contribution in [0.15, 0.2) is 36.5 Å². The van der Waals surface area contributed by atoms with Crippen LogP contribution in [0, 0.1) is 6.92 Å². The predicted octanol–water partition coefficient (Wildman–Crippen LogP) is 3.69. The molecule has 0 spiro atoms. The Bertz CT molecular complexity index is 450. The van der Waals surface area contributed by atoms with Crippen molar-refractivity contribution in [2.24, 2.45) is 0 Å². The molecule has 0 bridgehead atoms. The molecule has 3 heteroatoms. The van der Waals surface area contributed by atoms with E-state index in [9.17, 15) is 0 Å². The second-order valence-corrected chi connectivity index (χ2v) is 5.44. The molecular formula is C14H18N2S. The summed E-state index contributed by atoms with van der Waals surface area (Å²) in [5, 5.41) is 4.73. The number of nitrogens with zero attached hydrogens (tertiary/aromatic N) is 1. The van der Waals surface area contributed by atoms with Gasteiger partial charge in [0, 0.05) is 23.7 Å². The molecule has 0 saturated heterocycles. The summed E-state index contributed by atoms with van der Waals surface area (Å²) < 4.78 is 0. The van der Waals surface area contributed by atoms with Gasteiger partial charge in [0.05, 0.1) is 0 Å². The fourth-order valence-electron chi connectivity index (χ4n) is 1.88. The third-order valence-corrected chi connectivity index (χ3v) is 3.69. The van der Waals surface area contributed by atoms with Crippen LogP contribution in [0.4, 0.5) is 0 Å². The van der Waals surface area contributed by atoms with Crippen molar-refractivity contribution in [2.45, 2.75) is 32.9 Å². The zero-order valence-electron chi connectivity index (χ0n) is 10.3. The van der Waals surface area contributed by atoms with Gasteiger partial charge in [0.25, 0.3) is 0 Å². The number of rotatable bonds is 5. The van der Waals surface area contributed by atoms with Crippen molar-refractivity contribution in [3.8, 4) is 0 Å². The first-order chi connectivity index (χ1) is 8.29. The number of thiazole rings is 1. The Balaban J connectivity index is 1.97. The van der Waals surface area contributed by atoms with Crippen molar-refractivity contribution < 1.29 is 0 Å². The van der Waals surface area contributed by atoms with E-state index in [2.05, 4.69) is 54.5 Å². The van der Waals surface area contributed by atoms with Crippen LogP contribution in [0.25, 0.3) is 0 Å². The molecule has 0 aliphatic carbocycles. The third kappa shape index (κ3) is 3.38. The molecule has 0 aliphatic rings. The van der Waals surface area contributed by atoms with E-state index in [0.717, 1.165) is 18.0 Å². The highest BCUT2D eigenvalue weighted by Crippen LogP contribution is 2.18. The van der Waals surface area contributed by atoms with Gasteiger partial charge >= 0.3 is 0 Å². The lowest BCUT2D eigenvalue weighted by atomic mass is 10.1. The van der Waals surface area contributed by atoms with Crippen LogP contribution < -0.4 is 5.32 Å². The van der Waals surface area contributed by atoms with E-state index >= 15 is 0 Å². The van der Waals surface area contributed by atoms with E-state index in [1.807, 2.05) is 6.20 Å². The first-order valence-electron chi connectivity index (χ1n) is 5.99. The second-order valence-electron chi connectivity index (χ2n) is 4.12. The average Bonchev–Trinajstić information content (AvgIpc) is 2.77. The van der Waals surface area contributed by atoms with Crippen molar-refractivity contribution in [1.82, 2.24) is 10.3 Å². The first kappa shape index (κ1) is 12.3. The number of benzene rings is 1. The van der Waals surface area contributed by atoms with Gasteiger partial charge in [-0.05, 0) is 18.9 Å². The number of hydrogen-bond acceptors (Lipinski definition) is 3. The van der Waals surface area contributed by atoms with E-state index in [4.69, 9.17) is 0 Å². The molecule has 1 N–H and O–H groups in total. The molecule has 2 nitrogen and oxygen atoms in total. The lowest BCUT2D eigenvalue weighted by Gasteiger charge is -2.16. The molecular weight excluding hydrogens is 228 g/mol. The summed E-state index contributed by atoms with van der Waals surface area (Å²) in [5.74, 6) is 0. The summed E-state index contributed by atoms with van der Waals surface area (Å²) in [5.41, 5.74) is 1.35.